The molecule has 3 aromatic rings. The van der Waals surface area contributed by atoms with E-state index in [1.165, 1.54) is 0 Å². The highest BCUT2D eigenvalue weighted by molar-refractivity contribution is 7.89. The van der Waals surface area contributed by atoms with E-state index in [1.807, 2.05) is 22.4 Å². The largest absolute Gasteiger partial charge is 0.459 e. The normalized spacial score (nSPS) is 11.6. The number of rotatable bonds is 13. The topological polar surface area (TPSA) is 149 Å². The molecule has 11 nitrogen and oxygen atoms in total. The van der Waals surface area contributed by atoms with Crippen molar-refractivity contribution in [3.05, 3.63) is 108 Å². The van der Waals surface area contributed by atoms with E-state index in [4.69, 9.17) is 14.2 Å². The standard InChI is InChI=1S/C27H29N3O8S/c31-25(36-18-21-10-4-1-5-11-21)24(28-26(32)37-19-22-12-6-2-7-13-22)16-17-39(34,35)30-29-27(33)38-20-23-14-8-3-9-15-23/h1-15,24,30H,16-20H2,(H,28,32)(H,29,33). The maximum Gasteiger partial charge on any atom is 0.422 e. The summed E-state index contributed by atoms with van der Waals surface area (Å²) in [4.78, 5) is 38.8. The molecule has 0 aromatic heterocycles. The summed E-state index contributed by atoms with van der Waals surface area (Å²) in [5.74, 6) is -1.48. The molecule has 0 fully saturated rings. The molecule has 0 aliphatic carbocycles. The average molecular weight is 556 g/mol. The van der Waals surface area contributed by atoms with Crippen LogP contribution >= 0.6 is 0 Å². The summed E-state index contributed by atoms with van der Waals surface area (Å²) in [5.41, 5.74) is 4.11. The number of alkyl carbamates (subject to hydrolysis) is 1. The molecule has 0 spiro atoms. The van der Waals surface area contributed by atoms with Crippen LogP contribution in [-0.4, -0.2) is 38.4 Å². The molecule has 206 valence electrons. The van der Waals surface area contributed by atoms with E-state index in [9.17, 15) is 22.8 Å². The Morgan fingerprint density at radius 1 is 0.641 bits per heavy atom. The summed E-state index contributed by atoms with van der Waals surface area (Å²) in [7, 11) is -4.11. The fraction of sp³-hybridized carbons (Fsp3) is 0.222. The van der Waals surface area contributed by atoms with Crippen molar-refractivity contribution in [2.24, 2.45) is 0 Å². The first-order valence-electron chi connectivity index (χ1n) is 11.9. The van der Waals surface area contributed by atoms with Crippen molar-refractivity contribution < 1.29 is 37.0 Å². The van der Waals surface area contributed by atoms with E-state index >= 15 is 0 Å². The lowest BCUT2D eigenvalue weighted by Crippen LogP contribution is -2.46. The van der Waals surface area contributed by atoms with Gasteiger partial charge in [-0.3, -0.25) is 0 Å². The number of esters is 1. The minimum atomic E-state index is -4.11. The number of hydrogen-bond donors (Lipinski definition) is 3. The molecule has 1 unspecified atom stereocenters. The molecule has 3 rings (SSSR count). The molecule has 0 saturated carbocycles. The van der Waals surface area contributed by atoms with E-state index in [0.29, 0.717) is 5.56 Å². The summed E-state index contributed by atoms with van der Waals surface area (Å²) < 4.78 is 40.2. The van der Waals surface area contributed by atoms with E-state index in [0.717, 1.165) is 11.1 Å². The summed E-state index contributed by atoms with van der Waals surface area (Å²) in [5, 5.41) is 2.36. The van der Waals surface area contributed by atoms with Crippen LogP contribution in [0.4, 0.5) is 9.59 Å². The highest BCUT2D eigenvalue weighted by Crippen LogP contribution is 2.07. The Labute approximate surface area is 226 Å². The lowest BCUT2D eigenvalue weighted by molar-refractivity contribution is -0.147. The molecule has 0 heterocycles. The van der Waals surface area contributed by atoms with Crippen LogP contribution in [0.2, 0.25) is 0 Å². The van der Waals surface area contributed by atoms with Crippen molar-refractivity contribution >= 4 is 28.2 Å². The van der Waals surface area contributed by atoms with Gasteiger partial charge >= 0.3 is 18.2 Å². The van der Waals surface area contributed by atoms with Gasteiger partial charge in [0.1, 0.15) is 25.9 Å². The molecule has 0 saturated heterocycles. The van der Waals surface area contributed by atoms with E-state index in [2.05, 4.69) is 5.32 Å². The van der Waals surface area contributed by atoms with Crippen LogP contribution in [-0.2, 0) is 48.8 Å². The van der Waals surface area contributed by atoms with Gasteiger partial charge in [-0.2, -0.15) is 0 Å². The monoisotopic (exact) mass is 555 g/mol. The molecule has 0 aliphatic rings. The summed E-state index contributed by atoms with van der Waals surface area (Å²) in [6, 6.07) is 25.2. The molecule has 0 bridgehead atoms. The highest BCUT2D eigenvalue weighted by atomic mass is 32.2. The number of benzene rings is 3. The second-order valence-corrected chi connectivity index (χ2v) is 10.1. The first-order chi connectivity index (χ1) is 18.8. The number of hydrogen-bond acceptors (Lipinski definition) is 8. The first-order valence-corrected chi connectivity index (χ1v) is 13.6. The molecular weight excluding hydrogens is 526 g/mol. The van der Waals surface area contributed by atoms with Gasteiger partial charge in [0.15, 0.2) is 0 Å². The minimum Gasteiger partial charge on any atom is -0.459 e. The number of nitrogens with one attached hydrogen (secondary N) is 3. The van der Waals surface area contributed by atoms with E-state index in [1.54, 1.807) is 78.9 Å². The summed E-state index contributed by atoms with van der Waals surface area (Å²) >= 11 is 0. The van der Waals surface area contributed by atoms with Gasteiger partial charge in [0.05, 0.1) is 5.75 Å². The Kier molecular flexibility index (Phi) is 11.3. The lowest BCUT2D eigenvalue weighted by atomic mass is 10.2. The Morgan fingerprint density at radius 2 is 1.08 bits per heavy atom. The molecular formula is C27H29N3O8S. The first kappa shape index (κ1) is 29.1. The van der Waals surface area contributed by atoms with Gasteiger partial charge in [-0.05, 0) is 23.1 Å². The van der Waals surface area contributed by atoms with E-state index in [-0.39, 0.29) is 26.2 Å². The highest BCUT2D eigenvalue weighted by Gasteiger charge is 2.26. The van der Waals surface area contributed by atoms with Gasteiger partial charge in [-0.25, -0.2) is 28.2 Å². The molecule has 2 amide bonds. The fourth-order valence-corrected chi connectivity index (χ4v) is 4.07. The fourth-order valence-electron chi connectivity index (χ4n) is 3.19. The van der Waals surface area contributed by atoms with Gasteiger partial charge in [0, 0.05) is 0 Å². The number of amides is 2. The van der Waals surface area contributed by atoms with Crippen LogP contribution in [0.25, 0.3) is 0 Å². The van der Waals surface area contributed by atoms with Gasteiger partial charge in [0.25, 0.3) is 0 Å². The van der Waals surface area contributed by atoms with E-state index < -0.39 is 40.0 Å². The minimum absolute atomic E-state index is 0.0483. The van der Waals surface area contributed by atoms with Crippen molar-refractivity contribution in [3.63, 3.8) is 0 Å². The smallest absolute Gasteiger partial charge is 0.422 e. The van der Waals surface area contributed by atoms with Crippen molar-refractivity contribution in [2.75, 3.05) is 5.75 Å². The zero-order valence-electron chi connectivity index (χ0n) is 20.9. The second kappa shape index (κ2) is 15.1. The molecule has 3 N–H and O–H groups in total. The summed E-state index contributed by atoms with van der Waals surface area (Å²) in [6.07, 6.45) is -2.29. The molecule has 12 heteroatoms. The maximum atomic E-state index is 12.7. The van der Waals surface area contributed by atoms with Crippen LogP contribution in [0.5, 0.6) is 0 Å². The average Bonchev–Trinajstić information content (AvgIpc) is 2.96. The third-order valence-corrected chi connectivity index (χ3v) is 6.40. The predicted molar refractivity (Wildman–Crippen MR) is 141 cm³/mol. The van der Waals surface area contributed by atoms with Gasteiger partial charge in [-0.1, -0.05) is 91.0 Å². The molecule has 3 aromatic carbocycles. The Bertz CT molecular complexity index is 1310. The lowest BCUT2D eigenvalue weighted by Gasteiger charge is -2.18. The van der Waals surface area contributed by atoms with Crippen molar-refractivity contribution in [2.45, 2.75) is 32.3 Å². The Morgan fingerprint density at radius 3 is 1.56 bits per heavy atom. The molecule has 1 atom stereocenters. The van der Waals surface area contributed by atoms with Gasteiger partial charge < -0.3 is 19.5 Å². The summed E-state index contributed by atoms with van der Waals surface area (Å²) in [6.45, 7) is -0.178. The zero-order valence-corrected chi connectivity index (χ0v) is 21.8. The second-order valence-electron chi connectivity index (χ2n) is 8.25. The Balaban J connectivity index is 1.52. The maximum absolute atomic E-state index is 12.7. The number of carbonyl (C=O) groups is 3. The van der Waals surface area contributed by atoms with Gasteiger partial charge in [0.2, 0.25) is 10.0 Å². The number of ether oxygens (including phenoxy) is 3. The predicted octanol–water partition coefficient (Wildman–Crippen LogP) is 3.18. The van der Waals surface area contributed by atoms with Crippen LogP contribution in [0, 0.1) is 0 Å². The quantitative estimate of drug-likeness (QED) is 0.165. The van der Waals surface area contributed by atoms with Crippen LogP contribution in [0.15, 0.2) is 91.0 Å². The molecule has 39 heavy (non-hydrogen) atoms. The SMILES string of the molecule is O=C(NNS(=O)(=O)CCC(NC(=O)OCc1ccccc1)C(=O)OCc1ccccc1)OCc1ccccc1. The third kappa shape index (κ3) is 11.2. The van der Waals surface area contributed by atoms with Crippen molar-refractivity contribution in [1.29, 1.82) is 0 Å². The third-order valence-electron chi connectivity index (χ3n) is 5.21. The molecule has 0 radical (unpaired) electrons. The van der Waals surface area contributed by atoms with Crippen LogP contribution in [0.3, 0.4) is 0 Å². The van der Waals surface area contributed by atoms with Crippen LogP contribution < -0.4 is 15.6 Å². The van der Waals surface area contributed by atoms with Crippen molar-refractivity contribution in [1.82, 2.24) is 15.6 Å². The van der Waals surface area contributed by atoms with Crippen LogP contribution in [0.1, 0.15) is 23.1 Å². The molecule has 0 aliphatic heterocycles. The number of hydrazine groups is 1. The number of carbonyl (C=O) groups excluding carboxylic acids is 3. The van der Waals surface area contributed by atoms with Crippen molar-refractivity contribution in [3.8, 4) is 0 Å². The zero-order chi connectivity index (χ0) is 27.9. The van der Waals surface area contributed by atoms with Gasteiger partial charge in [-0.15, -0.1) is 4.83 Å². The number of sulfonamides is 1. The Hall–Kier alpha value is -4.42.